The number of alkyl halides is 3. The van der Waals surface area contributed by atoms with E-state index in [9.17, 15) is 18.0 Å². The lowest BCUT2D eigenvalue weighted by molar-refractivity contribution is -0.137. The molecule has 2 saturated heterocycles. The van der Waals surface area contributed by atoms with Crippen LogP contribution in [0.1, 0.15) is 5.56 Å². The zero-order chi connectivity index (χ0) is 23.7. The Morgan fingerprint density at radius 1 is 0.853 bits per heavy atom. The van der Waals surface area contributed by atoms with Gasteiger partial charge >= 0.3 is 6.18 Å². The van der Waals surface area contributed by atoms with Gasteiger partial charge in [0.25, 0.3) is 0 Å². The highest BCUT2D eigenvalue weighted by atomic mass is 19.4. The number of carbonyl (C=O) groups excluding carboxylic acids is 1. The SMILES string of the molecule is O=C(C1CN(c2cc(-c3ccccc3)ncn2)C1)N1CCN(c2cccc(C(F)(F)F)c2)CC1. The third-order valence-electron chi connectivity index (χ3n) is 6.41. The first-order valence-electron chi connectivity index (χ1n) is 11.2. The van der Waals surface area contributed by atoms with Crippen LogP contribution < -0.4 is 9.80 Å². The zero-order valence-corrected chi connectivity index (χ0v) is 18.4. The summed E-state index contributed by atoms with van der Waals surface area (Å²) >= 11 is 0. The fraction of sp³-hybridized carbons (Fsp3) is 0.320. The first-order chi connectivity index (χ1) is 16.4. The van der Waals surface area contributed by atoms with Crippen LogP contribution in [0.2, 0.25) is 0 Å². The molecule has 0 N–H and O–H groups in total. The van der Waals surface area contributed by atoms with E-state index >= 15 is 0 Å². The summed E-state index contributed by atoms with van der Waals surface area (Å²) in [4.78, 5) is 27.5. The molecule has 3 heterocycles. The maximum Gasteiger partial charge on any atom is 0.416 e. The number of aromatic nitrogens is 2. The molecule has 0 spiro atoms. The molecule has 5 rings (SSSR count). The molecule has 176 valence electrons. The van der Waals surface area contributed by atoms with Crippen molar-refractivity contribution in [1.29, 1.82) is 0 Å². The van der Waals surface area contributed by atoms with Gasteiger partial charge in [-0.15, -0.1) is 0 Å². The number of hydrogen-bond donors (Lipinski definition) is 0. The third-order valence-corrected chi connectivity index (χ3v) is 6.41. The van der Waals surface area contributed by atoms with Crippen molar-refractivity contribution in [3.8, 4) is 11.3 Å². The average Bonchev–Trinajstić information content (AvgIpc) is 2.83. The van der Waals surface area contributed by atoms with E-state index in [0.717, 1.165) is 23.1 Å². The van der Waals surface area contributed by atoms with Crippen LogP contribution in [-0.2, 0) is 11.0 Å². The van der Waals surface area contributed by atoms with Crippen molar-refractivity contribution in [2.45, 2.75) is 6.18 Å². The molecule has 0 aliphatic carbocycles. The zero-order valence-electron chi connectivity index (χ0n) is 18.4. The molecule has 0 unspecified atom stereocenters. The summed E-state index contributed by atoms with van der Waals surface area (Å²) in [6.07, 6.45) is -2.82. The molecule has 1 aromatic heterocycles. The minimum absolute atomic E-state index is 0.0947. The summed E-state index contributed by atoms with van der Waals surface area (Å²) in [5, 5.41) is 0. The molecule has 0 radical (unpaired) electrons. The molecule has 2 aliphatic heterocycles. The summed E-state index contributed by atoms with van der Waals surface area (Å²) in [5.41, 5.74) is 1.73. The van der Waals surface area contributed by atoms with Crippen molar-refractivity contribution in [1.82, 2.24) is 14.9 Å². The van der Waals surface area contributed by atoms with Gasteiger partial charge in [0.2, 0.25) is 5.91 Å². The highest BCUT2D eigenvalue weighted by molar-refractivity contribution is 5.82. The van der Waals surface area contributed by atoms with Gasteiger partial charge in [-0.05, 0) is 18.2 Å². The number of carbonyl (C=O) groups is 1. The lowest BCUT2D eigenvalue weighted by atomic mass is 9.97. The number of benzene rings is 2. The van der Waals surface area contributed by atoms with E-state index in [-0.39, 0.29) is 11.8 Å². The van der Waals surface area contributed by atoms with Gasteiger partial charge in [-0.1, -0.05) is 36.4 Å². The van der Waals surface area contributed by atoms with Gasteiger partial charge in [-0.2, -0.15) is 13.2 Å². The Bertz CT molecular complexity index is 1160. The molecule has 1 amide bonds. The van der Waals surface area contributed by atoms with E-state index in [4.69, 9.17) is 0 Å². The first-order valence-corrected chi connectivity index (χ1v) is 11.2. The van der Waals surface area contributed by atoms with Crippen molar-refractivity contribution < 1.29 is 18.0 Å². The Morgan fingerprint density at radius 2 is 1.59 bits per heavy atom. The summed E-state index contributed by atoms with van der Waals surface area (Å²) in [6, 6.07) is 17.2. The minimum atomic E-state index is -4.37. The van der Waals surface area contributed by atoms with Crippen LogP contribution in [0, 0.1) is 5.92 Å². The molecule has 0 saturated carbocycles. The van der Waals surface area contributed by atoms with Crippen LogP contribution in [0.4, 0.5) is 24.7 Å². The molecule has 2 aromatic carbocycles. The largest absolute Gasteiger partial charge is 0.416 e. The lowest BCUT2D eigenvalue weighted by Crippen LogP contribution is -2.58. The van der Waals surface area contributed by atoms with Crippen LogP contribution in [0.5, 0.6) is 0 Å². The Hall–Kier alpha value is -3.62. The monoisotopic (exact) mass is 467 g/mol. The van der Waals surface area contributed by atoms with Crippen LogP contribution in [0.3, 0.4) is 0 Å². The summed E-state index contributed by atoms with van der Waals surface area (Å²) < 4.78 is 39.1. The van der Waals surface area contributed by atoms with Crippen molar-refractivity contribution in [2.75, 3.05) is 49.1 Å². The van der Waals surface area contributed by atoms with Crippen molar-refractivity contribution in [2.24, 2.45) is 5.92 Å². The molecule has 34 heavy (non-hydrogen) atoms. The number of hydrogen-bond acceptors (Lipinski definition) is 5. The Labute approximate surface area is 195 Å². The molecular weight excluding hydrogens is 443 g/mol. The van der Waals surface area contributed by atoms with E-state index < -0.39 is 11.7 Å². The number of piperazine rings is 1. The van der Waals surface area contributed by atoms with E-state index in [2.05, 4.69) is 14.9 Å². The van der Waals surface area contributed by atoms with Crippen LogP contribution >= 0.6 is 0 Å². The smallest absolute Gasteiger partial charge is 0.368 e. The van der Waals surface area contributed by atoms with Crippen LogP contribution in [0.25, 0.3) is 11.3 Å². The number of rotatable bonds is 4. The molecular formula is C25H24F3N5O. The predicted molar refractivity (Wildman–Crippen MR) is 123 cm³/mol. The van der Waals surface area contributed by atoms with Gasteiger partial charge in [0, 0.05) is 56.6 Å². The second-order valence-corrected chi connectivity index (χ2v) is 8.59. The molecule has 3 aromatic rings. The molecule has 6 nitrogen and oxygen atoms in total. The van der Waals surface area contributed by atoms with E-state index in [1.807, 2.05) is 46.2 Å². The quantitative estimate of drug-likeness (QED) is 0.582. The molecule has 2 fully saturated rings. The number of amides is 1. The van der Waals surface area contributed by atoms with Gasteiger partial charge in [-0.25, -0.2) is 9.97 Å². The predicted octanol–water partition coefficient (Wildman–Crippen LogP) is 3.95. The Morgan fingerprint density at radius 3 is 2.29 bits per heavy atom. The standard InChI is InChI=1S/C25H24F3N5O/c26-25(27,28)20-7-4-8-21(13-20)31-9-11-32(12-10-31)24(34)19-15-33(16-19)23-14-22(29-17-30-23)18-5-2-1-3-6-18/h1-8,13-14,17,19H,9-12,15-16H2. The van der Waals surface area contributed by atoms with Gasteiger partial charge in [0.05, 0.1) is 17.2 Å². The van der Waals surface area contributed by atoms with Gasteiger partial charge < -0.3 is 14.7 Å². The van der Waals surface area contributed by atoms with Crippen molar-refractivity contribution >= 4 is 17.4 Å². The van der Waals surface area contributed by atoms with Crippen LogP contribution in [0.15, 0.2) is 67.0 Å². The summed E-state index contributed by atoms with van der Waals surface area (Å²) in [7, 11) is 0. The molecule has 0 bridgehead atoms. The van der Waals surface area contributed by atoms with Gasteiger partial charge in [0.1, 0.15) is 12.1 Å². The number of halogens is 3. The molecule has 2 aliphatic rings. The Kier molecular flexibility index (Phi) is 5.85. The highest BCUT2D eigenvalue weighted by Gasteiger charge is 2.37. The topological polar surface area (TPSA) is 52.6 Å². The van der Waals surface area contributed by atoms with E-state index in [0.29, 0.717) is 45.0 Å². The second kappa shape index (κ2) is 8.96. The summed E-state index contributed by atoms with van der Waals surface area (Å²) in [5.74, 6) is 0.791. The second-order valence-electron chi connectivity index (χ2n) is 8.59. The first kappa shape index (κ1) is 22.2. The van der Waals surface area contributed by atoms with Gasteiger partial charge in [-0.3, -0.25) is 4.79 Å². The van der Waals surface area contributed by atoms with Gasteiger partial charge in [0.15, 0.2) is 0 Å². The third kappa shape index (κ3) is 4.55. The molecule has 9 heteroatoms. The van der Waals surface area contributed by atoms with Crippen LogP contribution in [-0.4, -0.2) is 60.0 Å². The number of anilines is 2. The van der Waals surface area contributed by atoms with E-state index in [1.54, 1.807) is 12.4 Å². The highest BCUT2D eigenvalue weighted by Crippen LogP contribution is 2.32. The molecule has 0 atom stereocenters. The maximum atomic E-state index is 13.0. The summed E-state index contributed by atoms with van der Waals surface area (Å²) in [6.45, 7) is 3.20. The normalized spacial score (nSPS) is 17.0. The lowest BCUT2D eigenvalue weighted by Gasteiger charge is -2.43. The average molecular weight is 467 g/mol. The minimum Gasteiger partial charge on any atom is -0.368 e. The maximum absolute atomic E-state index is 13.0. The van der Waals surface area contributed by atoms with Crippen molar-refractivity contribution in [3.05, 3.63) is 72.6 Å². The fourth-order valence-electron chi connectivity index (χ4n) is 4.43. The fourth-order valence-corrected chi connectivity index (χ4v) is 4.43. The van der Waals surface area contributed by atoms with E-state index in [1.165, 1.54) is 12.1 Å². The number of nitrogens with zero attached hydrogens (tertiary/aromatic N) is 5. The Balaban J connectivity index is 1.15. The van der Waals surface area contributed by atoms with Crippen molar-refractivity contribution in [3.63, 3.8) is 0 Å².